The molecule has 4 heteroatoms. The highest BCUT2D eigenvalue weighted by molar-refractivity contribution is 5.94. The number of rotatable bonds is 3. The third-order valence-electron chi connectivity index (χ3n) is 3.46. The molecule has 3 nitrogen and oxygen atoms in total. The van der Waals surface area contributed by atoms with E-state index < -0.39 is 5.95 Å². The number of carbonyl (C=O) groups excluding carboxylic acids is 1. The number of halogens is 1. The molecule has 0 spiro atoms. The molecule has 3 rings (SSSR count). The van der Waals surface area contributed by atoms with Gasteiger partial charge in [-0.05, 0) is 23.6 Å². The minimum atomic E-state index is -0.637. The standard InChI is InChI=1S/C15H13FN2O/c16-14-8-11(5-6-17-14)15(19)18-9-12-7-10-3-1-2-4-13(10)12/h1-6,8,12H,7,9H2,(H,18,19). The zero-order valence-electron chi connectivity index (χ0n) is 10.3. The number of hydrogen-bond donors (Lipinski definition) is 1. The Labute approximate surface area is 110 Å². The summed E-state index contributed by atoms with van der Waals surface area (Å²) < 4.78 is 12.9. The largest absolute Gasteiger partial charge is 0.351 e. The topological polar surface area (TPSA) is 42.0 Å². The van der Waals surface area contributed by atoms with E-state index in [1.54, 1.807) is 0 Å². The van der Waals surface area contributed by atoms with Crippen molar-refractivity contribution in [2.24, 2.45) is 0 Å². The maximum Gasteiger partial charge on any atom is 0.251 e. The summed E-state index contributed by atoms with van der Waals surface area (Å²) in [5, 5.41) is 2.84. The van der Waals surface area contributed by atoms with Gasteiger partial charge in [0.05, 0.1) is 0 Å². The van der Waals surface area contributed by atoms with Gasteiger partial charge in [0.15, 0.2) is 0 Å². The summed E-state index contributed by atoms with van der Waals surface area (Å²) in [6, 6.07) is 10.9. The molecule has 1 aromatic heterocycles. The van der Waals surface area contributed by atoms with Gasteiger partial charge in [-0.2, -0.15) is 4.39 Å². The first-order chi connectivity index (χ1) is 9.24. The molecule has 0 saturated heterocycles. The van der Waals surface area contributed by atoms with Gasteiger partial charge < -0.3 is 5.32 Å². The summed E-state index contributed by atoms with van der Waals surface area (Å²) in [4.78, 5) is 15.3. The molecule has 0 aliphatic heterocycles. The minimum Gasteiger partial charge on any atom is -0.351 e. The molecule has 0 bridgehead atoms. The van der Waals surface area contributed by atoms with Gasteiger partial charge in [-0.1, -0.05) is 24.3 Å². The van der Waals surface area contributed by atoms with E-state index in [4.69, 9.17) is 0 Å². The predicted molar refractivity (Wildman–Crippen MR) is 69.4 cm³/mol. The highest BCUT2D eigenvalue weighted by atomic mass is 19.1. The number of pyridine rings is 1. The fourth-order valence-electron chi connectivity index (χ4n) is 2.41. The third kappa shape index (κ3) is 2.34. The number of carbonyl (C=O) groups is 1. The number of aromatic nitrogens is 1. The highest BCUT2D eigenvalue weighted by Crippen LogP contribution is 2.33. The lowest BCUT2D eigenvalue weighted by Gasteiger charge is -2.30. The molecule has 19 heavy (non-hydrogen) atoms. The van der Waals surface area contributed by atoms with Crippen LogP contribution in [0.5, 0.6) is 0 Å². The maximum atomic E-state index is 12.9. The number of nitrogens with one attached hydrogen (secondary N) is 1. The van der Waals surface area contributed by atoms with Crippen LogP contribution in [0, 0.1) is 5.95 Å². The summed E-state index contributed by atoms with van der Waals surface area (Å²) >= 11 is 0. The molecular formula is C15H13FN2O. The maximum absolute atomic E-state index is 12.9. The summed E-state index contributed by atoms with van der Waals surface area (Å²) in [6.45, 7) is 0.583. The summed E-state index contributed by atoms with van der Waals surface area (Å²) in [6.07, 6.45) is 2.28. The van der Waals surface area contributed by atoms with Crippen LogP contribution in [0.2, 0.25) is 0 Å². The van der Waals surface area contributed by atoms with E-state index in [-0.39, 0.29) is 5.91 Å². The van der Waals surface area contributed by atoms with Gasteiger partial charge in [0, 0.05) is 30.3 Å². The molecule has 0 saturated carbocycles. The normalized spacial score (nSPS) is 16.4. The monoisotopic (exact) mass is 256 g/mol. The fraction of sp³-hybridized carbons (Fsp3) is 0.200. The second kappa shape index (κ2) is 4.80. The Morgan fingerprint density at radius 2 is 2.21 bits per heavy atom. The van der Waals surface area contributed by atoms with Crippen LogP contribution in [0.25, 0.3) is 0 Å². The van der Waals surface area contributed by atoms with Crippen molar-refractivity contribution in [1.29, 1.82) is 0 Å². The molecule has 1 aliphatic carbocycles. The number of fused-ring (bicyclic) bond motifs is 1. The zero-order chi connectivity index (χ0) is 13.2. The van der Waals surface area contributed by atoms with Crippen molar-refractivity contribution in [3.05, 3.63) is 65.2 Å². The Bertz CT molecular complexity index is 627. The van der Waals surface area contributed by atoms with Crippen LogP contribution in [-0.4, -0.2) is 17.4 Å². The minimum absolute atomic E-state index is 0.259. The molecule has 0 radical (unpaired) electrons. The van der Waals surface area contributed by atoms with Crippen LogP contribution < -0.4 is 5.32 Å². The molecule has 1 atom stereocenters. The highest BCUT2D eigenvalue weighted by Gasteiger charge is 2.25. The number of benzene rings is 1. The van der Waals surface area contributed by atoms with Crippen molar-refractivity contribution >= 4 is 5.91 Å². The van der Waals surface area contributed by atoms with Crippen molar-refractivity contribution in [2.75, 3.05) is 6.54 Å². The fourth-order valence-corrected chi connectivity index (χ4v) is 2.41. The van der Waals surface area contributed by atoms with Crippen molar-refractivity contribution < 1.29 is 9.18 Å². The summed E-state index contributed by atoms with van der Waals surface area (Å²) in [5.41, 5.74) is 2.94. The Kier molecular flexibility index (Phi) is 2.99. The quantitative estimate of drug-likeness (QED) is 0.856. The summed E-state index contributed by atoms with van der Waals surface area (Å²) in [7, 11) is 0. The average molecular weight is 256 g/mol. The van der Waals surface area contributed by atoms with Crippen molar-refractivity contribution in [3.8, 4) is 0 Å². The summed E-state index contributed by atoms with van der Waals surface area (Å²) in [5.74, 6) is -0.529. The second-order valence-corrected chi connectivity index (χ2v) is 4.68. The molecule has 2 aromatic rings. The van der Waals surface area contributed by atoms with Crippen LogP contribution in [0.4, 0.5) is 4.39 Å². The molecule has 96 valence electrons. The van der Waals surface area contributed by atoms with E-state index in [9.17, 15) is 9.18 Å². The molecule has 1 aliphatic rings. The van der Waals surface area contributed by atoms with Crippen LogP contribution in [0.1, 0.15) is 27.4 Å². The van der Waals surface area contributed by atoms with Crippen molar-refractivity contribution in [1.82, 2.24) is 10.3 Å². The molecule has 1 aromatic carbocycles. The second-order valence-electron chi connectivity index (χ2n) is 4.68. The van der Waals surface area contributed by atoms with E-state index in [1.807, 2.05) is 12.1 Å². The van der Waals surface area contributed by atoms with E-state index in [0.717, 1.165) is 12.5 Å². The Morgan fingerprint density at radius 3 is 3.00 bits per heavy atom. The molecule has 0 fully saturated rings. The molecular weight excluding hydrogens is 243 g/mol. The molecule has 1 heterocycles. The predicted octanol–water partition coefficient (Wildman–Crippen LogP) is 2.29. The van der Waals surface area contributed by atoms with Gasteiger partial charge in [0.2, 0.25) is 5.95 Å². The lowest BCUT2D eigenvalue weighted by Crippen LogP contribution is -2.33. The SMILES string of the molecule is O=C(NCC1Cc2ccccc21)c1ccnc(F)c1. The van der Waals surface area contributed by atoms with Gasteiger partial charge in [0.1, 0.15) is 0 Å². The van der Waals surface area contributed by atoms with Gasteiger partial charge in [-0.25, -0.2) is 4.98 Å². The van der Waals surface area contributed by atoms with Crippen molar-refractivity contribution in [3.63, 3.8) is 0 Å². The van der Waals surface area contributed by atoms with Gasteiger partial charge >= 0.3 is 0 Å². The number of hydrogen-bond acceptors (Lipinski definition) is 2. The smallest absolute Gasteiger partial charge is 0.251 e. The van der Waals surface area contributed by atoms with Gasteiger partial charge in [0.25, 0.3) is 5.91 Å². The molecule has 1 amide bonds. The Balaban J connectivity index is 1.61. The van der Waals surface area contributed by atoms with Crippen LogP contribution in [-0.2, 0) is 6.42 Å². The lowest BCUT2D eigenvalue weighted by molar-refractivity contribution is 0.0949. The van der Waals surface area contributed by atoms with E-state index in [1.165, 1.54) is 23.4 Å². The first-order valence-corrected chi connectivity index (χ1v) is 6.21. The average Bonchev–Trinajstić information content (AvgIpc) is 2.39. The molecule has 1 N–H and O–H groups in total. The van der Waals surface area contributed by atoms with Crippen LogP contribution >= 0.6 is 0 Å². The van der Waals surface area contributed by atoms with E-state index >= 15 is 0 Å². The Morgan fingerprint density at radius 1 is 1.37 bits per heavy atom. The van der Waals surface area contributed by atoms with Gasteiger partial charge in [-0.15, -0.1) is 0 Å². The first kappa shape index (κ1) is 11.8. The number of amides is 1. The zero-order valence-corrected chi connectivity index (χ0v) is 10.3. The van der Waals surface area contributed by atoms with Crippen molar-refractivity contribution in [2.45, 2.75) is 12.3 Å². The van der Waals surface area contributed by atoms with Gasteiger partial charge in [-0.3, -0.25) is 4.79 Å². The Hall–Kier alpha value is -2.23. The third-order valence-corrected chi connectivity index (χ3v) is 3.46. The number of nitrogens with zero attached hydrogens (tertiary/aromatic N) is 1. The molecule has 1 unspecified atom stereocenters. The van der Waals surface area contributed by atoms with Crippen LogP contribution in [0.3, 0.4) is 0 Å². The van der Waals surface area contributed by atoms with Crippen LogP contribution in [0.15, 0.2) is 42.6 Å². The lowest BCUT2D eigenvalue weighted by atomic mass is 9.77. The van der Waals surface area contributed by atoms with E-state index in [0.29, 0.717) is 18.0 Å². The first-order valence-electron chi connectivity index (χ1n) is 6.21. The van der Waals surface area contributed by atoms with E-state index in [2.05, 4.69) is 22.4 Å².